The first-order valence-electron chi connectivity index (χ1n) is 7.28. The normalized spacial score (nSPS) is 22.0. The third-order valence-corrected chi connectivity index (χ3v) is 3.68. The van der Waals surface area contributed by atoms with E-state index in [4.69, 9.17) is 4.74 Å². The summed E-state index contributed by atoms with van der Waals surface area (Å²) in [6, 6.07) is 9.47. The van der Waals surface area contributed by atoms with Gasteiger partial charge in [0, 0.05) is 12.6 Å². The number of amides is 1. The summed E-state index contributed by atoms with van der Waals surface area (Å²) in [5, 5.41) is 13.1. The molecule has 1 heterocycles. The summed E-state index contributed by atoms with van der Waals surface area (Å²) in [4.78, 5) is 12.1. The first kappa shape index (κ1) is 15.0. The van der Waals surface area contributed by atoms with E-state index in [1.807, 2.05) is 37.3 Å². The van der Waals surface area contributed by atoms with Crippen molar-refractivity contribution in [2.75, 3.05) is 13.2 Å². The minimum Gasteiger partial charge on any atom is -0.388 e. The summed E-state index contributed by atoms with van der Waals surface area (Å²) < 4.78 is 5.32. The van der Waals surface area contributed by atoms with E-state index in [-0.39, 0.29) is 17.9 Å². The Morgan fingerprint density at radius 2 is 2.20 bits per heavy atom. The quantitative estimate of drug-likeness (QED) is 0.866. The van der Waals surface area contributed by atoms with Crippen LogP contribution in [0.4, 0.5) is 0 Å². The number of aliphatic hydroxyl groups is 1. The number of benzene rings is 1. The molecule has 1 aromatic carbocycles. The van der Waals surface area contributed by atoms with Crippen molar-refractivity contribution in [1.82, 2.24) is 5.32 Å². The molecule has 4 heteroatoms. The van der Waals surface area contributed by atoms with Crippen molar-refractivity contribution >= 4 is 5.91 Å². The lowest BCUT2D eigenvalue weighted by molar-refractivity contribution is -0.129. The molecule has 0 unspecified atom stereocenters. The fourth-order valence-electron chi connectivity index (χ4n) is 2.51. The van der Waals surface area contributed by atoms with E-state index < -0.39 is 6.10 Å². The molecule has 0 saturated carbocycles. The molecule has 0 aromatic heterocycles. The Morgan fingerprint density at radius 1 is 1.45 bits per heavy atom. The molecule has 1 fully saturated rings. The third kappa shape index (κ3) is 4.32. The Morgan fingerprint density at radius 3 is 2.85 bits per heavy atom. The molecule has 0 spiro atoms. The molecule has 2 N–H and O–H groups in total. The fourth-order valence-corrected chi connectivity index (χ4v) is 2.51. The van der Waals surface area contributed by atoms with Crippen LogP contribution in [0.25, 0.3) is 0 Å². The number of hydrogen-bond donors (Lipinski definition) is 2. The Balaban J connectivity index is 1.79. The molecular formula is C16H23NO3. The van der Waals surface area contributed by atoms with Crippen molar-refractivity contribution in [3.63, 3.8) is 0 Å². The molecule has 3 atom stereocenters. The van der Waals surface area contributed by atoms with Crippen molar-refractivity contribution in [3.05, 3.63) is 35.9 Å². The van der Waals surface area contributed by atoms with Gasteiger partial charge >= 0.3 is 0 Å². The van der Waals surface area contributed by atoms with Crippen LogP contribution in [0.5, 0.6) is 0 Å². The maximum absolute atomic E-state index is 12.1. The van der Waals surface area contributed by atoms with Crippen LogP contribution in [0.1, 0.15) is 37.9 Å². The van der Waals surface area contributed by atoms with Crippen molar-refractivity contribution in [2.24, 2.45) is 5.92 Å². The van der Waals surface area contributed by atoms with Gasteiger partial charge in [-0.25, -0.2) is 0 Å². The smallest absolute Gasteiger partial charge is 0.225 e. The number of carbonyl (C=O) groups is 1. The minimum atomic E-state index is -0.547. The van der Waals surface area contributed by atoms with Gasteiger partial charge in [-0.3, -0.25) is 4.79 Å². The average Bonchev–Trinajstić information content (AvgIpc) is 2.49. The first-order valence-corrected chi connectivity index (χ1v) is 7.28. The Kier molecular flexibility index (Phi) is 5.56. The molecule has 1 saturated heterocycles. The van der Waals surface area contributed by atoms with Crippen LogP contribution in [-0.4, -0.2) is 30.3 Å². The van der Waals surface area contributed by atoms with Crippen molar-refractivity contribution < 1.29 is 14.6 Å². The van der Waals surface area contributed by atoms with Crippen molar-refractivity contribution in [2.45, 2.75) is 38.3 Å². The highest BCUT2D eigenvalue weighted by molar-refractivity contribution is 5.79. The van der Waals surface area contributed by atoms with E-state index in [1.54, 1.807) is 0 Å². The van der Waals surface area contributed by atoms with Gasteiger partial charge in [-0.1, -0.05) is 30.3 Å². The van der Waals surface area contributed by atoms with Gasteiger partial charge in [-0.05, 0) is 31.7 Å². The lowest BCUT2D eigenvalue weighted by Crippen LogP contribution is -2.40. The molecule has 0 aliphatic carbocycles. The second-order valence-electron chi connectivity index (χ2n) is 5.49. The Hall–Kier alpha value is -1.39. The SMILES string of the molecule is C[C@H](C[C@@H](O)c1ccccc1)NC(=O)[C@@H]1CCCOC1. The van der Waals surface area contributed by atoms with Crippen LogP contribution in [0.2, 0.25) is 0 Å². The molecule has 20 heavy (non-hydrogen) atoms. The fraction of sp³-hybridized carbons (Fsp3) is 0.562. The molecule has 4 nitrogen and oxygen atoms in total. The Labute approximate surface area is 120 Å². The largest absolute Gasteiger partial charge is 0.388 e. The Bertz CT molecular complexity index is 415. The van der Waals surface area contributed by atoms with Crippen molar-refractivity contribution in [3.8, 4) is 0 Å². The zero-order valence-electron chi connectivity index (χ0n) is 11.9. The number of rotatable bonds is 5. The summed E-state index contributed by atoms with van der Waals surface area (Å²) in [6.07, 6.45) is 1.80. The molecule has 0 radical (unpaired) electrons. The van der Waals surface area contributed by atoms with Gasteiger partial charge in [0.1, 0.15) is 0 Å². The average molecular weight is 277 g/mol. The van der Waals surface area contributed by atoms with E-state index in [2.05, 4.69) is 5.32 Å². The zero-order chi connectivity index (χ0) is 14.4. The first-order chi connectivity index (χ1) is 9.66. The summed E-state index contributed by atoms with van der Waals surface area (Å²) in [6.45, 7) is 3.19. The predicted molar refractivity (Wildman–Crippen MR) is 77.2 cm³/mol. The topological polar surface area (TPSA) is 58.6 Å². The summed E-state index contributed by atoms with van der Waals surface area (Å²) in [5.74, 6) is -0.00229. The van der Waals surface area contributed by atoms with Gasteiger partial charge in [0.25, 0.3) is 0 Å². The zero-order valence-corrected chi connectivity index (χ0v) is 11.9. The van der Waals surface area contributed by atoms with Gasteiger partial charge in [-0.15, -0.1) is 0 Å². The molecule has 1 aromatic rings. The number of aliphatic hydroxyl groups excluding tert-OH is 1. The third-order valence-electron chi connectivity index (χ3n) is 3.68. The van der Waals surface area contributed by atoms with E-state index >= 15 is 0 Å². The maximum atomic E-state index is 12.1. The second-order valence-corrected chi connectivity index (χ2v) is 5.49. The molecule has 1 amide bonds. The molecule has 1 aliphatic heterocycles. The summed E-state index contributed by atoms with van der Waals surface area (Å²) in [7, 11) is 0. The highest BCUT2D eigenvalue weighted by atomic mass is 16.5. The lowest BCUT2D eigenvalue weighted by Gasteiger charge is -2.24. The van der Waals surface area contributed by atoms with Gasteiger partial charge in [-0.2, -0.15) is 0 Å². The van der Waals surface area contributed by atoms with Crippen LogP contribution in [0.15, 0.2) is 30.3 Å². The van der Waals surface area contributed by atoms with E-state index in [0.717, 1.165) is 25.0 Å². The summed E-state index contributed by atoms with van der Waals surface area (Å²) >= 11 is 0. The van der Waals surface area contributed by atoms with E-state index in [1.165, 1.54) is 0 Å². The highest BCUT2D eigenvalue weighted by Gasteiger charge is 2.23. The monoisotopic (exact) mass is 277 g/mol. The van der Waals surface area contributed by atoms with Gasteiger partial charge < -0.3 is 15.2 Å². The number of ether oxygens (including phenoxy) is 1. The van der Waals surface area contributed by atoms with Crippen LogP contribution < -0.4 is 5.32 Å². The van der Waals surface area contributed by atoms with E-state index in [9.17, 15) is 9.90 Å². The second kappa shape index (κ2) is 7.41. The van der Waals surface area contributed by atoms with E-state index in [0.29, 0.717) is 13.0 Å². The molecule has 2 rings (SSSR count). The minimum absolute atomic E-state index is 0.0393. The van der Waals surface area contributed by atoms with Gasteiger partial charge in [0.2, 0.25) is 5.91 Å². The molecule has 0 bridgehead atoms. The molecular weight excluding hydrogens is 254 g/mol. The molecule has 1 aliphatic rings. The molecule has 110 valence electrons. The summed E-state index contributed by atoms with van der Waals surface area (Å²) in [5.41, 5.74) is 0.884. The lowest BCUT2D eigenvalue weighted by atomic mass is 9.99. The highest BCUT2D eigenvalue weighted by Crippen LogP contribution is 2.19. The van der Waals surface area contributed by atoms with Crippen LogP contribution in [0.3, 0.4) is 0 Å². The maximum Gasteiger partial charge on any atom is 0.225 e. The van der Waals surface area contributed by atoms with Gasteiger partial charge in [0.15, 0.2) is 0 Å². The van der Waals surface area contributed by atoms with Gasteiger partial charge in [0.05, 0.1) is 18.6 Å². The van der Waals surface area contributed by atoms with Crippen LogP contribution in [0, 0.1) is 5.92 Å². The standard InChI is InChI=1S/C16H23NO3/c1-12(10-15(18)13-6-3-2-4-7-13)17-16(19)14-8-5-9-20-11-14/h2-4,6-7,12,14-15,18H,5,8-11H2,1H3,(H,17,19)/t12-,14-,15-/m1/s1. The van der Waals surface area contributed by atoms with Crippen molar-refractivity contribution in [1.29, 1.82) is 0 Å². The predicted octanol–water partition coefficient (Wildman–Crippen LogP) is 2.04. The number of carbonyl (C=O) groups excluding carboxylic acids is 1. The van der Waals surface area contributed by atoms with Crippen LogP contribution >= 0.6 is 0 Å². The number of nitrogens with one attached hydrogen (secondary N) is 1. The van der Waals surface area contributed by atoms with Crippen LogP contribution in [-0.2, 0) is 9.53 Å². The number of hydrogen-bond acceptors (Lipinski definition) is 3.